The van der Waals surface area contributed by atoms with Crippen molar-refractivity contribution in [2.75, 3.05) is 25.5 Å². The van der Waals surface area contributed by atoms with Gasteiger partial charge in [0, 0.05) is 24.8 Å². The average molecular weight is 234 g/mol. The fourth-order valence-corrected chi connectivity index (χ4v) is 1.69. The Morgan fingerprint density at radius 1 is 1.35 bits per heavy atom. The third-order valence-electron chi connectivity index (χ3n) is 2.78. The minimum Gasteiger partial charge on any atom is -0.465 e. The van der Waals surface area contributed by atoms with Gasteiger partial charge in [0.2, 0.25) is 0 Å². The summed E-state index contributed by atoms with van der Waals surface area (Å²) in [7, 11) is 1.40. The van der Waals surface area contributed by atoms with Gasteiger partial charge in [0.15, 0.2) is 0 Å². The first-order valence-corrected chi connectivity index (χ1v) is 5.96. The molecule has 17 heavy (non-hydrogen) atoms. The normalized spacial score (nSPS) is 14.4. The van der Waals surface area contributed by atoms with Gasteiger partial charge in [-0.2, -0.15) is 0 Å². The maximum Gasteiger partial charge on any atom is 0.339 e. The van der Waals surface area contributed by atoms with Gasteiger partial charge in [0.05, 0.1) is 12.7 Å². The van der Waals surface area contributed by atoms with Crippen LogP contribution >= 0.6 is 0 Å². The number of benzene rings is 1. The topological polar surface area (TPSA) is 50.4 Å². The van der Waals surface area contributed by atoms with Gasteiger partial charge in [-0.3, -0.25) is 0 Å². The van der Waals surface area contributed by atoms with Crippen molar-refractivity contribution in [1.82, 2.24) is 5.32 Å². The van der Waals surface area contributed by atoms with E-state index in [1.165, 1.54) is 20.0 Å². The fourth-order valence-electron chi connectivity index (χ4n) is 1.69. The number of carbonyl (C=O) groups is 1. The zero-order valence-corrected chi connectivity index (χ0v) is 10.0. The van der Waals surface area contributed by atoms with Crippen molar-refractivity contribution in [2.24, 2.45) is 0 Å². The molecule has 0 atom stereocenters. The van der Waals surface area contributed by atoms with Crippen molar-refractivity contribution in [3.63, 3.8) is 0 Å². The molecule has 2 rings (SSSR count). The van der Waals surface area contributed by atoms with Gasteiger partial charge in [0.25, 0.3) is 0 Å². The molecule has 0 aromatic heterocycles. The number of methoxy groups -OCH3 is 1. The molecule has 0 amide bonds. The Labute approximate surface area is 101 Å². The highest BCUT2D eigenvalue weighted by molar-refractivity contribution is 5.95. The number of ether oxygens (including phenoxy) is 1. The summed E-state index contributed by atoms with van der Waals surface area (Å²) in [6.45, 7) is 1.73. The molecule has 0 saturated heterocycles. The monoisotopic (exact) mass is 234 g/mol. The fraction of sp³-hybridized carbons (Fsp3) is 0.462. The molecule has 1 aromatic rings. The van der Waals surface area contributed by atoms with E-state index in [2.05, 4.69) is 10.6 Å². The van der Waals surface area contributed by atoms with Crippen LogP contribution < -0.4 is 10.6 Å². The Kier molecular flexibility index (Phi) is 3.98. The first kappa shape index (κ1) is 11.9. The summed E-state index contributed by atoms with van der Waals surface area (Å²) in [4.78, 5) is 11.5. The molecule has 0 unspecified atom stereocenters. The standard InChI is InChI=1S/C13H18N2O2/c1-17-13(16)11-4-2-3-5-12(11)15-9-8-14-10-6-7-10/h2-5,10,14-15H,6-9H2,1H3. The second-order valence-electron chi connectivity index (χ2n) is 4.19. The van der Waals surface area contributed by atoms with Crippen LogP contribution in [0.2, 0.25) is 0 Å². The smallest absolute Gasteiger partial charge is 0.339 e. The van der Waals surface area contributed by atoms with Crippen molar-refractivity contribution in [3.8, 4) is 0 Å². The number of rotatable bonds is 6. The van der Waals surface area contributed by atoms with E-state index in [0.717, 1.165) is 18.8 Å². The lowest BCUT2D eigenvalue weighted by Crippen LogP contribution is -2.24. The summed E-state index contributed by atoms with van der Waals surface area (Å²) >= 11 is 0. The van der Waals surface area contributed by atoms with E-state index in [-0.39, 0.29) is 5.97 Å². The lowest BCUT2D eigenvalue weighted by atomic mass is 10.2. The highest BCUT2D eigenvalue weighted by Gasteiger charge is 2.19. The van der Waals surface area contributed by atoms with Crippen LogP contribution in [0.4, 0.5) is 5.69 Å². The number of hydrogen-bond donors (Lipinski definition) is 2. The Morgan fingerprint density at radius 2 is 2.12 bits per heavy atom. The molecule has 0 heterocycles. The van der Waals surface area contributed by atoms with Crippen molar-refractivity contribution in [1.29, 1.82) is 0 Å². The summed E-state index contributed by atoms with van der Waals surface area (Å²) in [5.41, 5.74) is 1.42. The average Bonchev–Trinajstić information content (AvgIpc) is 3.18. The molecule has 0 bridgehead atoms. The van der Waals surface area contributed by atoms with Gasteiger partial charge >= 0.3 is 5.97 Å². The SMILES string of the molecule is COC(=O)c1ccccc1NCCNC1CC1. The Morgan fingerprint density at radius 3 is 2.82 bits per heavy atom. The van der Waals surface area contributed by atoms with Crippen LogP contribution in [0.25, 0.3) is 0 Å². The second-order valence-corrected chi connectivity index (χ2v) is 4.19. The van der Waals surface area contributed by atoms with Crippen molar-refractivity contribution in [3.05, 3.63) is 29.8 Å². The molecular formula is C13H18N2O2. The summed E-state index contributed by atoms with van der Waals surface area (Å²) in [6.07, 6.45) is 2.58. The predicted octanol–water partition coefficient (Wildman–Crippen LogP) is 1.64. The predicted molar refractivity (Wildman–Crippen MR) is 67.3 cm³/mol. The maximum atomic E-state index is 11.5. The van der Waals surface area contributed by atoms with E-state index in [1.807, 2.05) is 18.2 Å². The van der Waals surface area contributed by atoms with Crippen LogP contribution in [0.1, 0.15) is 23.2 Å². The molecule has 1 saturated carbocycles. The molecule has 1 aliphatic rings. The number of nitrogens with one attached hydrogen (secondary N) is 2. The molecular weight excluding hydrogens is 216 g/mol. The number of hydrogen-bond acceptors (Lipinski definition) is 4. The van der Waals surface area contributed by atoms with Crippen molar-refractivity contribution < 1.29 is 9.53 Å². The Hall–Kier alpha value is -1.55. The van der Waals surface area contributed by atoms with Crippen LogP contribution in [0.5, 0.6) is 0 Å². The Bertz CT molecular complexity index is 389. The molecule has 92 valence electrons. The van der Waals surface area contributed by atoms with E-state index in [1.54, 1.807) is 6.07 Å². The molecule has 4 nitrogen and oxygen atoms in total. The molecule has 1 aromatic carbocycles. The third kappa shape index (κ3) is 3.46. The van der Waals surface area contributed by atoms with E-state index in [0.29, 0.717) is 11.6 Å². The third-order valence-corrected chi connectivity index (χ3v) is 2.78. The van der Waals surface area contributed by atoms with Gasteiger partial charge in [-0.15, -0.1) is 0 Å². The highest BCUT2D eigenvalue weighted by atomic mass is 16.5. The van der Waals surface area contributed by atoms with E-state index in [4.69, 9.17) is 4.74 Å². The van der Waals surface area contributed by atoms with E-state index < -0.39 is 0 Å². The summed E-state index contributed by atoms with van der Waals surface area (Å²) in [5, 5.41) is 6.66. The molecule has 0 spiro atoms. The molecule has 0 aliphatic heterocycles. The minimum absolute atomic E-state index is 0.303. The number of para-hydroxylation sites is 1. The van der Waals surface area contributed by atoms with Gasteiger partial charge in [0.1, 0.15) is 0 Å². The van der Waals surface area contributed by atoms with Gasteiger partial charge < -0.3 is 15.4 Å². The lowest BCUT2D eigenvalue weighted by molar-refractivity contribution is 0.0602. The van der Waals surface area contributed by atoms with Gasteiger partial charge in [-0.05, 0) is 25.0 Å². The van der Waals surface area contributed by atoms with Crippen LogP contribution in [0.3, 0.4) is 0 Å². The largest absolute Gasteiger partial charge is 0.465 e. The van der Waals surface area contributed by atoms with Crippen LogP contribution in [-0.2, 0) is 4.74 Å². The van der Waals surface area contributed by atoms with Crippen LogP contribution in [0.15, 0.2) is 24.3 Å². The summed E-state index contributed by atoms with van der Waals surface area (Å²) in [6, 6.07) is 8.11. The maximum absolute atomic E-state index is 11.5. The second kappa shape index (κ2) is 5.68. The molecule has 1 fully saturated rings. The van der Waals surface area contributed by atoms with Crippen LogP contribution in [0, 0.1) is 0 Å². The van der Waals surface area contributed by atoms with Gasteiger partial charge in [-0.25, -0.2) is 4.79 Å². The van der Waals surface area contributed by atoms with Crippen molar-refractivity contribution >= 4 is 11.7 Å². The molecule has 2 N–H and O–H groups in total. The first-order chi connectivity index (χ1) is 8.31. The quantitative estimate of drug-likeness (QED) is 0.580. The number of carbonyl (C=O) groups excluding carboxylic acids is 1. The van der Waals surface area contributed by atoms with Crippen LogP contribution in [-0.4, -0.2) is 32.2 Å². The zero-order chi connectivity index (χ0) is 12.1. The number of anilines is 1. The molecule has 4 heteroatoms. The lowest BCUT2D eigenvalue weighted by Gasteiger charge is -2.10. The first-order valence-electron chi connectivity index (χ1n) is 5.96. The summed E-state index contributed by atoms with van der Waals surface area (Å²) in [5.74, 6) is -0.303. The van der Waals surface area contributed by atoms with E-state index >= 15 is 0 Å². The summed E-state index contributed by atoms with van der Waals surface area (Å²) < 4.78 is 4.74. The van der Waals surface area contributed by atoms with Crippen molar-refractivity contribution in [2.45, 2.75) is 18.9 Å². The van der Waals surface area contributed by atoms with E-state index in [9.17, 15) is 4.79 Å². The minimum atomic E-state index is -0.303. The molecule has 0 radical (unpaired) electrons. The highest BCUT2D eigenvalue weighted by Crippen LogP contribution is 2.18. The zero-order valence-electron chi connectivity index (χ0n) is 10.0. The number of esters is 1. The Balaban J connectivity index is 1.87. The van der Waals surface area contributed by atoms with Gasteiger partial charge in [-0.1, -0.05) is 12.1 Å². The molecule has 1 aliphatic carbocycles.